The van der Waals surface area contributed by atoms with E-state index in [4.69, 9.17) is 15.2 Å². The zero-order valence-electron chi connectivity index (χ0n) is 23.6. The van der Waals surface area contributed by atoms with Gasteiger partial charge in [-0.15, -0.1) is 0 Å². The van der Waals surface area contributed by atoms with Crippen molar-refractivity contribution >= 4 is 34.8 Å². The van der Waals surface area contributed by atoms with Crippen molar-refractivity contribution < 1.29 is 34.1 Å². The highest BCUT2D eigenvalue weighted by Gasteiger charge is 2.48. The number of nitrogens with zero attached hydrogens (tertiary/aromatic N) is 5. The number of carbonyl (C=O) groups excluding carboxylic acids is 3. The summed E-state index contributed by atoms with van der Waals surface area (Å²) in [5, 5.41) is 24.0. The lowest BCUT2D eigenvalue weighted by Gasteiger charge is -2.31. The lowest BCUT2D eigenvalue weighted by molar-refractivity contribution is -0.137. The fraction of sp³-hybridized carbons (Fsp3) is 0.714. The number of ether oxygens (including phenoxy) is 2. The maximum Gasteiger partial charge on any atom is 0.409 e. The summed E-state index contributed by atoms with van der Waals surface area (Å²) in [5.41, 5.74) is 6.90. The third kappa shape index (κ3) is 6.06. The van der Waals surface area contributed by atoms with E-state index in [1.807, 2.05) is 0 Å². The summed E-state index contributed by atoms with van der Waals surface area (Å²) >= 11 is 0. The van der Waals surface area contributed by atoms with Gasteiger partial charge in [-0.25, -0.2) is 19.7 Å². The molecule has 2 aliphatic carbocycles. The topological polar surface area (TPSA) is 195 Å². The number of nitrogen functional groups attached to an aromatic ring is 1. The highest BCUT2D eigenvalue weighted by molar-refractivity contribution is 5.84. The molecule has 2 unspecified atom stereocenters. The number of hydrogen-bond donors (Lipinski definition) is 4. The molecule has 2 aromatic heterocycles. The van der Waals surface area contributed by atoms with Crippen molar-refractivity contribution in [3.63, 3.8) is 0 Å². The van der Waals surface area contributed by atoms with Crippen molar-refractivity contribution in [1.82, 2.24) is 29.7 Å². The van der Waals surface area contributed by atoms with Gasteiger partial charge in [0.1, 0.15) is 35.9 Å². The third-order valence-electron chi connectivity index (χ3n) is 8.91. The number of piperidine rings is 1. The molecule has 5 atom stereocenters. The van der Waals surface area contributed by atoms with E-state index in [1.54, 1.807) is 4.90 Å². The fourth-order valence-electron chi connectivity index (χ4n) is 6.18. The zero-order valence-corrected chi connectivity index (χ0v) is 23.6. The van der Waals surface area contributed by atoms with Crippen LogP contribution in [0.1, 0.15) is 69.8 Å². The van der Waals surface area contributed by atoms with Crippen LogP contribution < -0.4 is 11.1 Å². The molecule has 4 fully saturated rings. The first-order valence-corrected chi connectivity index (χ1v) is 15.0. The van der Waals surface area contributed by atoms with Crippen molar-refractivity contribution in [2.45, 2.75) is 94.8 Å². The van der Waals surface area contributed by atoms with E-state index in [1.165, 1.54) is 10.9 Å². The average molecular weight is 586 g/mol. The number of ketones is 1. The molecule has 6 rings (SSSR count). The van der Waals surface area contributed by atoms with Crippen molar-refractivity contribution in [3.8, 4) is 0 Å². The highest BCUT2D eigenvalue weighted by Crippen LogP contribution is 2.33. The number of aliphatic hydroxyl groups excluding tert-OH is 2. The predicted molar refractivity (Wildman–Crippen MR) is 148 cm³/mol. The average Bonchev–Trinajstić information content (AvgIpc) is 3.40. The van der Waals surface area contributed by atoms with Gasteiger partial charge in [0.05, 0.1) is 12.2 Å². The Labute approximate surface area is 243 Å². The van der Waals surface area contributed by atoms with Crippen molar-refractivity contribution in [2.24, 2.45) is 11.8 Å². The Balaban J connectivity index is 1.01. The molecule has 2 saturated heterocycles. The number of nitrogens with two attached hydrogens (primary N) is 1. The van der Waals surface area contributed by atoms with E-state index in [0.717, 1.165) is 51.4 Å². The molecule has 0 aromatic carbocycles. The van der Waals surface area contributed by atoms with E-state index < -0.39 is 30.4 Å². The van der Waals surface area contributed by atoms with Crippen molar-refractivity contribution in [1.29, 1.82) is 0 Å². The molecule has 2 amide bonds. The van der Waals surface area contributed by atoms with Crippen LogP contribution in [0.25, 0.3) is 11.2 Å². The van der Waals surface area contributed by atoms with E-state index in [2.05, 4.69) is 20.3 Å². The Morgan fingerprint density at radius 3 is 2.62 bits per heavy atom. The van der Waals surface area contributed by atoms with E-state index in [9.17, 15) is 24.6 Å². The van der Waals surface area contributed by atoms with Gasteiger partial charge < -0.3 is 35.6 Å². The molecule has 0 spiro atoms. The molecule has 4 aliphatic rings. The second kappa shape index (κ2) is 12.1. The number of anilines is 1. The number of fused-ring (bicyclic) bond motifs is 1. The second-order valence-corrected chi connectivity index (χ2v) is 12.0. The first-order valence-electron chi connectivity index (χ1n) is 15.0. The smallest absolute Gasteiger partial charge is 0.409 e. The first kappa shape index (κ1) is 28.7. The number of amides is 2. The number of likely N-dealkylation sites (tertiary alicyclic amines) is 1. The monoisotopic (exact) mass is 585 g/mol. The van der Waals surface area contributed by atoms with Crippen LogP contribution in [0.5, 0.6) is 0 Å². The minimum atomic E-state index is -1.39. The predicted octanol–water partition coefficient (Wildman–Crippen LogP) is 0.847. The van der Waals surface area contributed by atoms with Gasteiger partial charge in [-0.2, -0.15) is 0 Å². The summed E-state index contributed by atoms with van der Waals surface area (Å²) < 4.78 is 12.7. The summed E-state index contributed by atoms with van der Waals surface area (Å²) in [4.78, 5) is 51.8. The number of nitrogens with one attached hydrogen (secondary N) is 1. The molecular weight excluding hydrogens is 546 g/mol. The van der Waals surface area contributed by atoms with Gasteiger partial charge in [-0.1, -0.05) is 0 Å². The summed E-state index contributed by atoms with van der Waals surface area (Å²) in [6.07, 6.45) is 4.23. The van der Waals surface area contributed by atoms with Crippen LogP contribution in [0.3, 0.4) is 0 Å². The Hall–Kier alpha value is -3.36. The quantitative estimate of drug-likeness (QED) is 0.326. The number of rotatable bonds is 9. The molecular formula is C28H39N7O7. The highest BCUT2D eigenvalue weighted by atomic mass is 16.6. The Kier molecular flexibility index (Phi) is 8.28. The number of carbonyl (C=O) groups is 3. The lowest BCUT2D eigenvalue weighted by Crippen LogP contribution is -2.43. The zero-order chi connectivity index (χ0) is 29.4. The lowest BCUT2D eigenvalue weighted by atomic mass is 9.91. The fourth-order valence-corrected chi connectivity index (χ4v) is 6.18. The van der Waals surface area contributed by atoms with Crippen molar-refractivity contribution in [2.75, 3.05) is 25.4 Å². The molecule has 0 radical (unpaired) electrons. The van der Waals surface area contributed by atoms with Gasteiger partial charge in [0.2, 0.25) is 0 Å². The maximum atomic E-state index is 12.5. The van der Waals surface area contributed by atoms with E-state index in [0.29, 0.717) is 48.8 Å². The molecule has 14 heteroatoms. The van der Waals surface area contributed by atoms with E-state index in [-0.39, 0.29) is 36.3 Å². The van der Waals surface area contributed by atoms with Crippen LogP contribution >= 0.6 is 0 Å². The summed E-state index contributed by atoms with van der Waals surface area (Å²) in [6.45, 7) is 1.45. The Morgan fingerprint density at radius 2 is 1.90 bits per heavy atom. The normalized spacial score (nSPS) is 28.5. The van der Waals surface area contributed by atoms with Crippen LogP contribution in [0.2, 0.25) is 0 Å². The number of imidazole rings is 1. The van der Waals surface area contributed by atoms with Gasteiger partial charge >= 0.3 is 6.09 Å². The number of Topliss-reactive ketones (excluding diaryl/α,β-unsaturated/α-hetero) is 1. The van der Waals surface area contributed by atoms with Gasteiger partial charge in [0, 0.05) is 32.0 Å². The molecule has 5 N–H and O–H groups in total. The second-order valence-electron chi connectivity index (χ2n) is 12.0. The van der Waals surface area contributed by atoms with Gasteiger partial charge in [0.25, 0.3) is 5.91 Å². The minimum absolute atomic E-state index is 0.0945. The number of aromatic nitrogens is 4. The SMILES string of the molecule is Nc1nc(CCCC2CCN(C(=O)OCC3CCCC3=O)CC2)nc2c1ncn2[C@@H]1O[C@H](C(=O)NC2CC2)C(O)[C@@H]1O. The molecule has 0 bridgehead atoms. The van der Waals surface area contributed by atoms with Gasteiger partial charge in [0.15, 0.2) is 23.8 Å². The Bertz CT molecular complexity index is 1320. The molecule has 2 saturated carbocycles. The van der Waals surface area contributed by atoms with Gasteiger partial charge in [-0.3, -0.25) is 14.2 Å². The summed E-state index contributed by atoms with van der Waals surface area (Å²) in [6, 6.07) is 0.0945. The maximum absolute atomic E-state index is 12.5. The minimum Gasteiger partial charge on any atom is -0.449 e. The van der Waals surface area contributed by atoms with Crippen LogP contribution in [-0.2, 0) is 25.5 Å². The number of hydrogen-bond acceptors (Lipinski definition) is 11. The van der Waals surface area contributed by atoms with E-state index >= 15 is 0 Å². The van der Waals surface area contributed by atoms with Crippen LogP contribution in [0, 0.1) is 11.8 Å². The van der Waals surface area contributed by atoms with Crippen molar-refractivity contribution in [3.05, 3.63) is 12.2 Å². The summed E-state index contributed by atoms with van der Waals surface area (Å²) in [5.74, 6) is 0.795. The van der Waals surface area contributed by atoms with Crippen LogP contribution in [0.4, 0.5) is 10.6 Å². The van der Waals surface area contributed by atoms with Crippen LogP contribution in [-0.4, -0.2) is 96.5 Å². The molecule has 228 valence electrons. The third-order valence-corrected chi connectivity index (χ3v) is 8.91. The van der Waals surface area contributed by atoms with Gasteiger partial charge in [-0.05, 0) is 57.3 Å². The standard InChI is InChI=1S/C28H39N7O7/c29-24-20-25(35(14-30-20)27-22(38)21(37)23(42-27)26(39)31-17-7-8-17)33-19(32-24)6-1-3-15-9-11-34(12-10-15)28(40)41-13-16-4-2-5-18(16)36/h14-17,21-23,27,37-38H,1-13H2,(H,31,39)(H2,29,32,33)/t16?,21?,22-,23-,27+/m0/s1. The molecule has 42 heavy (non-hydrogen) atoms. The molecule has 2 aromatic rings. The van der Waals surface area contributed by atoms with Crippen LogP contribution in [0.15, 0.2) is 6.33 Å². The Morgan fingerprint density at radius 1 is 1.12 bits per heavy atom. The number of aryl methyl sites for hydroxylation is 1. The molecule has 2 aliphatic heterocycles. The number of aliphatic hydroxyl groups is 2. The molecule has 14 nitrogen and oxygen atoms in total. The molecule has 4 heterocycles. The first-order chi connectivity index (χ1) is 20.3. The summed E-state index contributed by atoms with van der Waals surface area (Å²) in [7, 11) is 0. The largest absolute Gasteiger partial charge is 0.449 e.